The first kappa shape index (κ1) is 18.6. The molecule has 2 N–H and O–H groups in total. The molecule has 0 spiro atoms. The Kier molecular flexibility index (Phi) is 6.17. The molecule has 0 atom stereocenters. The minimum atomic E-state index is -0.477. The van der Waals surface area contributed by atoms with Crippen molar-refractivity contribution >= 4 is 29.0 Å². The molecule has 0 fully saturated rings. The maximum atomic E-state index is 11.8. The fourth-order valence-electron chi connectivity index (χ4n) is 2.37. The van der Waals surface area contributed by atoms with E-state index < -0.39 is 6.09 Å². The molecule has 0 saturated heterocycles. The van der Waals surface area contributed by atoms with E-state index in [1.165, 1.54) is 18.3 Å². The molecule has 0 radical (unpaired) electrons. The van der Waals surface area contributed by atoms with Gasteiger partial charge in [0.05, 0.1) is 12.2 Å². The largest absolute Gasteiger partial charge is 0.445 e. The second-order valence-corrected chi connectivity index (χ2v) is 6.74. The van der Waals surface area contributed by atoms with Gasteiger partial charge in [-0.25, -0.2) is 9.78 Å². The van der Waals surface area contributed by atoms with Crippen LogP contribution in [0.25, 0.3) is 11.3 Å². The minimum Gasteiger partial charge on any atom is -0.445 e. The highest BCUT2D eigenvalue weighted by atomic mass is 32.1. The van der Waals surface area contributed by atoms with Crippen LogP contribution >= 0.6 is 11.3 Å². The summed E-state index contributed by atoms with van der Waals surface area (Å²) in [6.45, 7) is 2.01. The number of aromatic nitrogens is 1. The van der Waals surface area contributed by atoms with E-state index in [2.05, 4.69) is 15.6 Å². The van der Waals surface area contributed by atoms with Gasteiger partial charge in [-0.1, -0.05) is 42.5 Å². The van der Waals surface area contributed by atoms with E-state index in [1.54, 1.807) is 0 Å². The lowest BCUT2D eigenvalue weighted by Gasteiger charge is -2.05. The van der Waals surface area contributed by atoms with Crippen LogP contribution in [0.5, 0.6) is 0 Å². The van der Waals surface area contributed by atoms with E-state index in [0.717, 1.165) is 27.5 Å². The SMILES string of the molecule is CC(=O)Nc1ccc(-c2csc(CNC(=O)OCc3ccccc3)n2)cc1. The zero-order valence-corrected chi connectivity index (χ0v) is 15.6. The standard InChI is InChI=1S/C20H19N3O3S/c1-14(24)22-17-9-7-16(8-10-17)18-13-27-19(23-18)11-21-20(25)26-12-15-5-3-2-4-6-15/h2-10,13H,11-12H2,1H3,(H,21,25)(H,22,24). The van der Waals surface area contributed by atoms with Crippen molar-refractivity contribution in [2.45, 2.75) is 20.1 Å². The Labute approximate surface area is 161 Å². The second-order valence-electron chi connectivity index (χ2n) is 5.80. The monoisotopic (exact) mass is 381 g/mol. The number of anilines is 1. The summed E-state index contributed by atoms with van der Waals surface area (Å²) in [6, 6.07) is 17.0. The molecule has 2 amide bonds. The number of nitrogens with zero attached hydrogens (tertiary/aromatic N) is 1. The van der Waals surface area contributed by atoms with Crippen molar-refractivity contribution in [1.82, 2.24) is 10.3 Å². The molecular formula is C20H19N3O3S. The number of ether oxygens (including phenoxy) is 1. The molecule has 0 aliphatic heterocycles. The predicted molar refractivity (Wildman–Crippen MR) is 105 cm³/mol. The number of alkyl carbamates (subject to hydrolysis) is 1. The van der Waals surface area contributed by atoms with Gasteiger partial charge in [-0.2, -0.15) is 0 Å². The number of carbonyl (C=O) groups is 2. The van der Waals surface area contributed by atoms with Gasteiger partial charge >= 0.3 is 6.09 Å². The second kappa shape index (κ2) is 8.95. The fourth-order valence-corrected chi connectivity index (χ4v) is 3.12. The molecule has 7 heteroatoms. The number of hydrogen-bond donors (Lipinski definition) is 2. The van der Waals surface area contributed by atoms with E-state index in [1.807, 2.05) is 60.0 Å². The molecule has 0 aliphatic rings. The summed E-state index contributed by atoms with van der Waals surface area (Å²) in [4.78, 5) is 27.4. The number of hydrogen-bond acceptors (Lipinski definition) is 5. The van der Waals surface area contributed by atoms with Gasteiger partial charge in [-0.3, -0.25) is 4.79 Å². The maximum Gasteiger partial charge on any atom is 0.407 e. The Morgan fingerprint density at radius 1 is 1.07 bits per heavy atom. The Bertz CT molecular complexity index is 908. The van der Waals surface area contributed by atoms with Gasteiger partial charge in [0.25, 0.3) is 0 Å². The summed E-state index contributed by atoms with van der Waals surface area (Å²) < 4.78 is 5.18. The number of benzene rings is 2. The van der Waals surface area contributed by atoms with Gasteiger partial charge in [0.1, 0.15) is 11.6 Å². The van der Waals surface area contributed by atoms with Crippen LogP contribution in [0.3, 0.4) is 0 Å². The van der Waals surface area contributed by atoms with Crippen LogP contribution in [0.1, 0.15) is 17.5 Å². The van der Waals surface area contributed by atoms with Crippen LogP contribution in [-0.2, 0) is 22.7 Å². The quantitative estimate of drug-likeness (QED) is 0.671. The lowest BCUT2D eigenvalue weighted by Crippen LogP contribution is -2.23. The van der Waals surface area contributed by atoms with Crippen LogP contribution in [0.15, 0.2) is 60.0 Å². The summed E-state index contributed by atoms with van der Waals surface area (Å²) >= 11 is 1.46. The zero-order chi connectivity index (χ0) is 19.1. The number of nitrogens with one attached hydrogen (secondary N) is 2. The molecule has 3 rings (SSSR count). The third kappa shape index (κ3) is 5.65. The highest BCUT2D eigenvalue weighted by molar-refractivity contribution is 7.09. The number of carbonyl (C=O) groups excluding carboxylic acids is 2. The van der Waals surface area contributed by atoms with Crippen LogP contribution in [0.2, 0.25) is 0 Å². The Morgan fingerprint density at radius 2 is 1.81 bits per heavy atom. The zero-order valence-electron chi connectivity index (χ0n) is 14.8. The van der Waals surface area contributed by atoms with E-state index in [9.17, 15) is 9.59 Å². The first-order chi connectivity index (χ1) is 13.1. The van der Waals surface area contributed by atoms with Gasteiger partial charge in [-0.15, -0.1) is 11.3 Å². The number of thiazole rings is 1. The van der Waals surface area contributed by atoms with Crippen molar-refractivity contribution in [2.24, 2.45) is 0 Å². The van der Waals surface area contributed by atoms with Crippen LogP contribution in [0.4, 0.5) is 10.5 Å². The highest BCUT2D eigenvalue weighted by Gasteiger charge is 2.08. The van der Waals surface area contributed by atoms with Crippen molar-refractivity contribution < 1.29 is 14.3 Å². The number of amides is 2. The van der Waals surface area contributed by atoms with Crippen molar-refractivity contribution in [3.63, 3.8) is 0 Å². The van der Waals surface area contributed by atoms with Crippen molar-refractivity contribution in [1.29, 1.82) is 0 Å². The summed E-state index contributed by atoms with van der Waals surface area (Å²) in [7, 11) is 0. The van der Waals surface area contributed by atoms with Crippen LogP contribution in [-0.4, -0.2) is 17.0 Å². The van der Waals surface area contributed by atoms with Crippen molar-refractivity contribution in [3.8, 4) is 11.3 Å². The summed E-state index contributed by atoms with van der Waals surface area (Å²) in [6.07, 6.45) is -0.477. The summed E-state index contributed by atoms with van der Waals surface area (Å²) in [5.74, 6) is -0.107. The molecule has 3 aromatic rings. The van der Waals surface area contributed by atoms with Crippen LogP contribution < -0.4 is 10.6 Å². The average molecular weight is 381 g/mol. The third-order valence-electron chi connectivity index (χ3n) is 3.65. The lowest BCUT2D eigenvalue weighted by atomic mass is 10.1. The van der Waals surface area contributed by atoms with Gasteiger partial charge in [0.15, 0.2) is 0 Å². The van der Waals surface area contributed by atoms with Crippen molar-refractivity contribution in [3.05, 3.63) is 70.5 Å². The molecule has 27 heavy (non-hydrogen) atoms. The molecule has 0 unspecified atom stereocenters. The van der Waals surface area contributed by atoms with E-state index in [4.69, 9.17) is 4.74 Å². The molecule has 1 heterocycles. The Hall–Kier alpha value is -3.19. The van der Waals surface area contributed by atoms with Gasteiger partial charge in [-0.05, 0) is 17.7 Å². The number of rotatable bonds is 6. The predicted octanol–water partition coefficient (Wildman–Crippen LogP) is 4.19. The lowest BCUT2D eigenvalue weighted by molar-refractivity contribution is -0.114. The van der Waals surface area contributed by atoms with E-state index >= 15 is 0 Å². The van der Waals surface area contributed by atoms with Crippen LogP contribution in [0, 0.1) is 0 Å². The van der Waals surface area contributed by atoms with Crippen molar-refractivity contribution in [2.75, 3.05) is 5.32 Å². The normalized spacial score (nSPS) is 10.3. The van der Waals surface area contributed by atoms with Gasteiger partial charge < -0.3 is 15.4 Å². The Balaban J connectivity index is 1.50. The summed E-state index contributed by atoms with van der Waals surface area (Å²) in [5, 5.41) is 8.15. The first-order valence-electron chi connectivity index (χ1n) is 8.37. The molecule has 0 aliphatic carbocycles. The first-order valence-corrected chi connectivity index (χ1v) is 9.25. The van der Waals surface area contributed by atoms with Gasteiger partial charge in [0, 0.05) is 23.6 Å². The van der Waals surface area contributed by atoms with E-state index in [-0.39, 0.29) is 12.5 Å². The summed E-state index contributed by atoms with van der Waals surface area (Å²) in [5.41, 5.74) is 3.44. The molecular weight excluding hydrogens is 362 g/mol. The molecule has 0 bridgehead atoms. The third-order valence-corrected chi connectivity index (χ3v) is 4.50. The average Bonchev–Trinajstić information content (AvgIpc) is 3.15. The minimum absolute atomic E-state index is 0.107. The molecule has 138 valence electrons. The molecule has 1 aromatic heterocycles. The fraction of sp³-hybridized carbons (Fsp3) is 0.150. The van der Waals surface area contributed by atoms with E-state index in [0.29, 0.717) is 6.54 Å². The smallest absolute Gasteiger partial charge is 0.407 e. The molecule has 0 saturated carbocycles. The molecule has 6 nitrogen and oxygen atoms in total. The molecule has 2 aromatic carbocycles. The Morgan fingerprint density at radius 3 is 2.52 bits per heavy atom. The highest BCUT2D eigenvalue weighted by Crippen LogP contribution is 2.23. The van der Waals surface area contributed by atoms with Gasteiger partial charge in [0.2, 0.25) is 5.91 Å². The maximum absolute atomic E-state index is 11.8. The topological polar surface area (TPSA) is 80.3 Å².